The first kappa shape index (κ1) is 38.8. The Hall–Kier alpha value is -7.03. The van der Waals surface area contributed by atoms with Crippen molar-refractivity contribution in [2.75, 3.05) is 33.9 Å². The van der Waals surface area contributed by atoms with Gasteiger partial charge in [-0.05, 0) is 58.0 Å². The largest absolute Gasteiger partial charge is 0.453 e. The van der Waals surface area contributed by atoms with Gasteiger partial charge in [-0.2, -0.15) is 0 Å². The number of hydrogen-bond donors (Lipinski definition) is 4. The number of nitrogens with one attached hydrogen (secondary N) is 4. The molecule has 0 bridgehead atoms. The van der Waals surface area contributed by atoms with E-state index in [2.05, 4.69) is 65.6 Å². The van der Waals surface area contributed by atoms with E-state index in [1.54, 1.807) is 41.6 Å². The van der Waals surface area contributed by atoms with Crippen molar-refractivity contribution in [1.29, 1.82) is 0 Å². The summed E-state index contributed by atoms with van der Waals surface area (Å²) in [6, 6.07) is 27.5. The van der Waals surface area contributed by atoms with Crippen LogP contribution in [0.3, 0.4) is 0 Å². The number of H-pyrrole nitrogens is 2. The Morgan fingerprint density at radius 2 is 1.37 bits per heavy atom. The number of halogens is 1. The number of alkyl carbamates (subject to hydrolysis) is 2. The highest BCUT2D eigenvalue weighted by molar-refractivity contribution is 5.91. The molecule has 4 atom stereocenters. The fraction of sp³-hybridized carbons (Fsp3) is 0.273. The molecule has 4 aromatic carbocycles. The molecule has 2 saturated heterocycles. The Labute approximate surface area is 339 Å². The van der Waals surface area contributed by atoms with Gasteiger partial charge in [0.2, 0.25) is 5.91 Å². The monoisotopic (exact) mass is 798 g/mol. The summed E-state index contributed by atoms with van der Waals surface area (Å²) < 4.78 is 24.3. The van der Waals surface area contributed by atoms with Crippen molar-refractivity contribution < 1.29 is 33.0 Å². The molecule has 2 aromatic heterocycles. The van der Waals surface area contributed by atoms with Crippen molar-refractivity contribution in [3.63, 3.8) is 0 Å². The zero-order valence-electron chi connectivity index (χ0n) is 32.5. The van der Waals surface area contributed by atoms with Gasteiger partial charge in [0.05, 0.1) is 56.6 Å². The molecule has 2 aliphatic rings. The third-order valence-electron chi connectivity index (χ3n) is 11.0. The Kier molecular flexibility index (Phi) is 11.1. The number of ether oxygens (including phenoxy) is 2. The summed E-state index contributed by atoms with van der Waals surface area (Å²) in [6.07, 6.45) is 2.50. The van der Waals surface area contributed by atoms with Crippen LogP contribution in [0.15, 0.2) is 103 Å². The predicted octanol–water partition coefficient (Wildman–Crippen LogP) is 7.02. The second-order valence-electron chi connectivity index (χ2n) is 14.6. The van der Waals surface area contributed by atoms with E-state index >= 15 is 0 Å². The summed E-state index contributed by atoms with van der Waals surface area (Å²) >= 11 is 0. The highest BCUT2D eigenvalue weighted by atomic mass is 19.1. The lowest BCUT2D eigenvalue weighted by molar-refractivity contribution is -0.135. The summed E-state index contributed by atoms with van der Waals surface area (Å²) in [5.41, 5.74) is 6.04. The van der Waals surface area contributed by atoms with Crippen molar-refractivity contribution in [3.05, 3.63) is 121 Å². The van der Waals surface area contributed by atoms with E-state index in [1.165, 1.54) is 19.1 Å². The van der Waals surface area contributed by atoms with E-state index in [9.17, 15) is 23.6 Å². The lowest BCUT2D eigenvalue weighted by Crippen LogP contribution is -2.43. The molecule has 4 amide bonds. The number of nitrogens with zero attached hydrogens (tertiary/aromatic N) is 4. The predicted molar refractivity (Wildman–Crippen MR) is 217 cm³/mol. The average molecular weight is 799 g/mol. The van der Waals surface area contributed by atoms with Crippen LogP contribution in [0.1, 0.15) is 54.6 Å². The van der Waals surface area contributed by atoms with Gasteiger partial charge >= 0.3 is 12.2 Å². The minimum atomic E-state index is -1.25. The molecular formula is C44H43FN8O6. The molecule has 0 radical (unpaired) electrons. The van der Waals surface area contributed by atoms with Gasteiger partial charge in [0.15, 0.2) is 0 Å². The molecule has 302 valence electrons. The molecule has 14 nitrogen and oxygen atoms in total. The van der Waals surface area contributed by atoms with Crippen LogP contribution in [0.25, 0.3) is 44.4 Å². The first-order chi connectivity index (χ1) is 28.7. The van der Waals surface area contributed by atoms with Crippen molar-refractivity contribution in [2.24, 2.45) is 0 Å². The highest BCUT2D eigenvalue weighted by Crippen LogP contribution is 2.37. The minimum Gasteiger partial charge on any atom is -0.453 e. The topological polar surface area (TPSA) is 175 Å². The quantitative estimate of drug-likeness (QED) is 0.114. The molecule has 0 aliphatic carbocycles. The van der Waals surface area contributed by atoms with Crippen LogP contribution in [0.4, 0.5) is 14.0 Å². The van der Waals surface area contributed by atoms with Crippen LogP contribution in [0.5, 0.6) is 0 Å². The van der Waals surface area contributed by atoms with Crippen molar-refractivity contribution in [2.45, 2.75) is 43.6 Å². The number of carbonyl (C=O) groups is 4. The summed E-state index contributed by atoms with van der Waals surface area (Å²) in [5.74, 6) is 0.528. The number of aromatic nitrogens is 4. The van der Waals surface area contributed by atoms with Gasteiger partial charge < -0.3 is 39.9 Å². The summed E-state index contributed by atoms with van der Waals surface area (Å²) in [5, 5.41) is 7.19. The number of amides is 4. The average Bonchev–Trinajstić information content (AvgIpc) is 4.11. The van der Waals surface area contributed by atoms with E-state index in [4.69, 9.17) is 4.74 Å². The lowest BCUT2D eigenvalue weighted by atomic mass is 9.98. The van der Waals surface area contributed by atoms with E-state index in [0.717, 1.165) is 57.3 Å². The Balaban J connectivity index is 0.947. The number of benzene rings is 4. The number of carbonyl (C=O) groups excluding carboxylic acids is 4. The van der Waals surface area contributed by atoms with Gasteiger partial charge in [-0.25, -0.2) is 23.9 Å². The van der Waals surface area contributed by atoms with Crippen molar-refractivity contribution >= 4 is 34.8 Å². The normalized spacial score (nSPS) is 18.1. The third kappa shape index (κ3) is 8.22. The van der Waals surface area contributed by atoms with Gasteiger partial charge in [0, 0.05) is 18.5 Å². The van der Waals surface area contributed by atoms with Gasteiger partial charge in [-0.1, -0.05) is 78.9 Å². The van der Waals surface area contributed by atoms with Crippen LogP contribution in [0, 0.1) is 0 Å². The SMILES string of the molecule is COC(=O)NCC(=O)N1CCC[C@H]1c1ncc(-c2ccc3cc(-c4ccc(-c5cnc([C@@H]6C[C@H](F)CN6C(=O)[C@H](NC(=O)OC)c6ccccc6)[nH]5)cc4)ccc3c2)[nH]1. The molecule has 0 unspecified atom stereocenters. The number of imidazole rings is 2. The maximum Gasteiger partial charge on any atom is 0.407 e. The van der Waals surface area contributed by atoms with Gasteiger partial charge in [-0.15, -0.1) is 0 Å². The zero-order valence-corrected chi connectivity index (χ0v) is 32.5. The first-order valence-electron chi connectivity index (χ1n) is 19.4. The van der Waals surface area contributed by atoms with E-state index in [1.807, 2.05) is 36.4 Å². The number of methoxy groups -OCH3 is 2. The molecule has 6 aromatic rings. The molecule has 0 saturated carbocycles. The maximum absolute atomic E-state index is 15.0. The number of hydrogen-bond acceptors (Lipinski definition) is 8. The maximum atomic E-state index is 15.0. The smallest absolute Gasteiger partial charge is 0.407 e. The van der Waals surface area contributed by atoms with Crippen molar-refractivity contribution in [3.8, 4) is 33.6 Å². The zero-order chi connectivity index (χ0) is 41.0. The standard InChI is InChI=1S/C44H43FN8O6/c1-58-43(56)48-24-38(54)52-18-6-9-36(52)40-46-23-35(50-40)32-17-16-30-19-29(14-15-31(30)20-32)26-10-12-27(13-11-26)34-22-47-41(49-34)37-21-33(45)25-53(37)42(55)39(51-44(57)59-2)28-7-4-3-5-8-28/h3-5,7-8,10-17,19-20,22-23,33,36-37,39H,6,9,18,21,24-25H2,1-2H3,(H,46,50)(H,47,49)(H,48,56)(H,51,57)/t33-,36-,37-,39+/m0/s1. The van der Waals surface area contributed by atoms with Crippen LogP contribution >= 0.6 is 0 Å². The number of alkyl halides is 1. The summed E-state index contributed by atoms with van der Waals surface area (Å²) in [7, 11) is 2.48. The number of likely N-dealkylation sites (tertiary alicyclic amines) is 2. The summed E-state index contributed by atoms with van der Waals surface area (Å²) in [4.78, 5) is 69.5. The van der Waals surface area contributed by atoms with E-state index < -0.39 is 36.3 Å². The Morgan fingerprint density at radius 3 is 2.07 bits per heavy atom. The highest BCUT2D eigenvalue weighted by Gasteiger charge is 2.41. The second kappa shape index (κ2) is 16.8. The van der Waals surface area contributed by atoms with Crippen LogP contribution < -0.4 is 10.6 Å². The second-order valence-corrected chi connectivity index (χ2v) is 14.6. The van der Waals surface area contributed by atoms with E-state index in [-0.39, 0.29) is 31.5 Å². The van der Waals surface area contributed by atoms with Crippen LogP contribution in [0.2, 0.25) is 0 Å². The van der Waals surface area contributed by atoms with Crippen LogP contribution in [-0.2, 0) is 19.1 Å². The molecule has 0 spiro atoms. The molecule has 2 fully saturated rings. The van der Waals surface area contributed by atoms with Gasteiger partial charge in [0.1, 0.15) is 30.4 Å². The van der Waals surface area contributed by atoms with Gasteiger partial charge in [-0.3, -0.25) is 9.59 Å². The fourth-order valence-corrected chi connectivity index (χ4v) is 7.97. The molecule has 2 aliphatic heterocycles. The molecule has 4 heterocycles. The third-order valence-corrected chi connectivity index (χ3v) is 11.0. The van der Waals surface area contributed by atoms with Crippen molar-refractivity contribution in [1.82, 2.24) is 40.4 Å². The molecule has 4 N–H and O–H groups in total. The Bertz CT molecular complexity index is 2490. The van der Waals surface area contributed by atoms with E-state index in [0.29, 0.717) is 23.8 Å². The minimum absolute atomic E-state index is 0.0735. The Morgan fingerprint density at radius 1 is 0.763 bits per heavy atom. The number of aromatic amines is 2. The molecular weight excluding hydrogens is 756 g/mol. The number of rotatable bonds is 10. The van der Waals surface area contributed by atoms with Crippen LogP contribution in [-0.4, -0.2) is 93.8 Å². The molecule has 59 heavy (non-hydrogen) atoms. The first-order valence-corrected chi connectivity index (χ1v) is 19.4. The molecule has 8 rings (SSSR count). The fourth-order valence-electron chi connectivity index (χ4n) is 7.97. The van der Waals surface area contributed by atoms with Gasteiger partial charge in [0.25, 0.3) is 5.91 Å². The number of fused-ring (bicyclic) bond motifs is 1. The summed E-state index contributed by atoms with van der Waals surface area (Å²) in [6.45, 7) is 0.330. The molecule has 15 heteroatoms. The lowest BCUT2D eigenvalue weighted by Gasteiger charge is -2.28.